The molecule has 0 saturated heterocycles. The molecule has 21 heavy (non-hydrogen) atoms. The normalized spacial score (nSPS) is 13.4. The first-order valence-corrected chi connectivity index (χ1v) is 7.02. The predicted molar refractivity (Wildman–Crippen MR) is 78.3 cm³/mol. The Hall–Kier alpha value is -2.24. The van der Waals surface area contributed by atoms with Gasteiger partial charge in [0.15, 0.2) is 0 Å². The molecular weight excluding hydrogens is 272 g/mol. The number of hydrogen-bond donors (Lipinski definition) is 2. The second kappa shape index (κ2) is 7.52. The topological polar surface area (TPSA) is 76.7 Å². The van der Waals surface area contributed by atoms with Crippen LogP contribution in [0.2, 0.25) is 0 Å². The van der Waals surface area contributed by atoms with Crippen molar-refractivity contribution in [3.63, 3.8) is 0 Å². The lowest BCUT2D eigenvalue weighted by molar-refractivity contribution is -0.141. The molecule has 1 aliphatic rings. The van der Waals surface area contributed by atoms with Crippen molar-refractivity contribution in [1.82, 2.24) is 5.32 Å². The maximum atomic E-state index is 11.6. The molecule has 2 rings (SSSR count). The molecule has 114 valence electrons. The lowest BCUT2D eigenvalue weighted by Gasteiger charge is -2.09. The highest BCUT2D eigenvalue weighted by atomic mass is 16.5. The Morgan fingerprint density at radius 2 is 1.95 bits per heavy atom. The molecule has 0 spiro atoms. The zero-order valence-corrected chi connectivity index (χ0v) is 12.1. The standard InChI is InChI=1S/C15H20N2O4/c1-20-14(18)8-9-21-13-6-4-12(5-7-13)17-15(19)16-10-11-2-3-11/h4-7,11H,2-3,8-10H2,1H3,(H2,16,17,19). The quantitative estimate of drug-likeness (QED) is 0.755. The van der Waals surface area contributed by atoms with Crippen LogP contribution in [0.25, 0.3) is 0 Å². The monoisotopic (exact) mass is 292 g/mol. The molecule has 0 bridgehead atoms. The maximum Gasteiger partial charge on any atom is 0.319 e. The van der Waals surface area contributed by atoms with E-state index in [2.05, 4.69) is 15.4 Å². The Bertz CT molecular complexity index is 483. The molecule has 2 N–H and O–H groups in total. The molecule has 0 aromatic heterocycles. The van der Waals surface area contributed by atoms with Crippen molar-refractivity contribution >= 4 is 17.7 Å². The predicted octanol–water partition coefficient (Wildman–Crippen LogP) is 2.16. The Morgan fingerprint density at radius 3 is 2.57 bits per heavy atom. The number of hydrogen-bond acceptors (Lipinski definition) is 4. The number of esters is 1. The van der Waals surface area contributed by atoms with Gasteiger partial charge in [0.25, 0.3) is 0 Å². The van der Waals surface area contributed by atoms with Crippen LogP contribution in [0.5, 0.6) is 5.75 Å². The van der Waals surface area contributed by atoms with Crippen molar-refractivity contribution in [3.05, 3.63) is 24.3 Å². The second-order valence-electron chi connectivity index (χ2n) is 4.98. The van der Waals surface area contributed by atoms with E-state index in [1.807, 2.05) is 0 Å². The molecular formula is C15H20N2O4. The van der Waals surface area contributed by atoms with Gasteiger partial charge < -0.3 is 20.1 Å². The van der Waals surface area contributed by atoms with E-state index in [9.17, 15) is 9.59 Å². The van der Waals surface area contributed by atoms with Crippen LogP contribution in [0, 0.1) is 5.92 Å². The first-order chi connectivity index (χ1) is 10.2. The summed E-state index contributed by atoms with van der Waals surface area (Å²) in [5.74, 6) is 0.991. The molecule has 0 heterocycles. The van der Waals surface area contributed by atoms with Gasteiger partial charge in [0.1, 0.15) is 5.75 Å². The molecule has 1 fully saturated rings. The van der Waals surface area contributed by atoms with Crippen molar-refractivity contribution in [2.24, 2.45) is 5.92 Å². The molecule has 1 aromatic rings. The summed E-state index contributed by atoms with van der Waals surface area (Å²) in [6.07, 6.45) is 2.62. The summed E-state index contributed by atoms with van der Waals surface area (Å²) < 4.78 is 9.92. The van der Waals surface area contributed by atoms with Crippen molar-refractivity contribution < 1.29 is 19.1 Å². The minimum absolute atomic E-state index is 0.193. The molecule has 1 aromatic carbocycles. The molecule has 0 radical (unpaired) electrons. The third kappa shape index (κ3) is 5.72. The van der Waals surface area contributed by atoms with E-state index in [1.54, 1.807) is 24.3 Å². The van der Waals surface area contributed by atoms with Crippen molar-refractivity contribution in [2.75, 3.05) is 25.6 Å². The molecule has 1 saturated carbocycles. The number of carbonyl (C=O) groups is 2. The average Bonchev–Trinajstić information content (AvgIpc) is 3.31. The van der Waals surface area contributed by atoms with Gasteiger partial charge >= 0.3 is 12.0 Å². The van der Waals surface area contributed by atoms with E-state index in [0.717, 1.165) is 6.54 Å². The van der Waals surface area contributed by atoms with Gasteiger partial charge in [-0.2, -0.15) is 0 Å². The van der Waals surface area contributed by atoms with Crippen LogP contribution in [-0.2, 0) is 9.53 Å². The van der Waals surface area contributed by atoms with Gasteiger partial charge in [-0.3, -0.25) is 4.79 Å². The van der Waals surface area contributed by atoms with Gasteiger partial charge in [0.2, 0.25) is 0 Å². The number of carbonyl (C=O) groups excluding carboxylic acids is 2. The molecule has 0 atom stereocenters. The minimum atomic E-state index is -0.305. The number of amides is 2. The highest BCUT2D eigenvalue weighted by Gasteiger charge is 2.21. The van der Waals surface area contributed by atoms with Crippen molar-refractivity contribution in [3.8, 4) is 5.75 Å². The van der Waals surface area contributed by atoms with Crippen LogP contribution in [0.3, 0.4) is 0 Å². The maximum absolute atomic E-state index is 11.6. The third-order valence-electron chi connectivity index (χ3n) is 3.16. The van der Waals surface area contributed by atoms with Crippen LogP contribution in [0.4, 0.5) is 10.5 Å². The molecule has 6 nitrogen and oxygen atoms in total. The summed E-state index contributed by atoms with van der Waals surface area (Å²) in [5, 5.41) is 5.58. The SMILES string of the molecule is COC(=O)CCOc1ccc(NC(=O)NCC2CC2)cc1. The first-order valence-electron chi connectivity index (χ1n) is 7.02. The molecule has 0 unspecified atom stereocenters. The number of rotatable bonds is 7. The molecule has 1 aliphatic carbocycles. The highest BCUT2D eigenvalue weighted by molar-refractivity contribution is 5.89. The van der Waals surface area contributed by atoms with Crippen LogP contribution in [0.1, 0.15) is 19.3 Å². The number of ether oxygens (including phenoxy) is 2. The lowest BCUT2D eigenvalue weighted by atomic mass is 10.3. The van der Waals surface area contributed by atoms with E-state index in [1.165, 1.54) is 20.0 Å². The van der Waals surface area contributed by atoms with E-state index in [0.29, 0.717) is 17.4 Å². The van der Waals surface area contributed by atoms with Crippen LogP contribution < -0.4 is 15.4 Å². The third-order valence-corrected chi connectivity index (χ3v) is 3.16. The van der Waals surface area contributed by atoms with Crippen LogP contribution in [-0.4, -0.2) is 32.3 Å². The Morgan fingerprint density at radius 1 is 1.24 bits per heavy atom. The molecule has 6 heteroatoms. The van der Waals surface area contributed by atoms with E-state index in [4.69, 9.17) is 4.74 Å². The average molecular weight is 292 g/mol. The number of benzene rings is 1. The van der Waals surface area contributed by atoms with Crippen molar-refractivity contribution in [1.29, 1.82) is 0 Å². The largest absolute Gasteiger partial charge is 0.493 e. The molecule has 2 amide bonds. The fraction of sp³-hybridized carbons (Fsp3) is 0.467. The van der Waals surface area contributed by atoms with Gasteiger partial charge in [-0.25, -0.2) is 4.79 Å². The second-order valence-corrected chi connectivity index (χ2v) is 4.98. The lowest BCUT2D eigenvalue weighted by Crippen LogP contribution is -2.30. The smallest absolute Gasteiger partial charge is 0.319 e. The number of nitrogens with one attached hydrogen (secondary N) is 2. The van der Waals surface area contributed by atoms with Crippen LogP contribution >= 0.6 is 0 Å². The zero-order chi connectivity index (χ0) is 15.1. The fourth-order valence-corrected chi connectivity index (χ4v) is 1.72. The minimum Gasteiger partial charge on any atom is -0.493 e. The van der Waals surface area contributed by atoms with Crippen molar-refractivity contribution in [2.45, 2.75) is 19.3 Å². The van der Waals surface area contributed by atoms with Gasteiger partial charge in [-0.05, 0) is 43.0 Å². The van der Waals surface area contributed by atoms with Gasteiger partial charge in [-0.15, -0.1) is 0 Å². The first kappa shape index (κ1) is 15.2. The zero-order valence-electron chi connectivity index (χ0n) is 12.1. The van der Waals surface area contributed by atoms with Gasteiger partial charge in [-0.1, -0.05) is 0 Å². The summed E-state index contributed by atoms with van der Waals surface area (Å²) in [4.78, 5) is 22.5. The number of urea groups is 1. The Balaban J connectivity index is 1.70. The highest BCUT2D eigenvalue weighted by Crippen LogP contribution is 2.27. The summed E-state index contributed by atoms with van der Waals surface area (Å²) in [6.45, 7) is 1.00. The summed E-state index contributed by atoms with van der Waals surface area (Å²) in [6, 6.07) is 6.80. The summed E-state index contributed by atoms with van der Waals surface area (Å²) in [5.41, 5.74) is 0.698. The van der Waals surface area contributed by atoms with Gasteiger partial charge in [0, 0.05) is 12.2 Å². The number of methoxy groups -OCH3 is 1. The number of anilines is 1. The molecule has 0 aliphatic heterocycles. The Labute approximate surface area is 123 Å². The summed E-state index contributed by atoms with van der Waals surface area (Å²) in [7, 11) is 1.34. The fourth-order valence-electron chi connectivity index (χ4n) is 1.72. The van der Waals surface area contributed by atoms with Crippen LogP contribution in [0.15, 0.2) is 24.3 Å². The van der Waals surface area contributed by atoms with E-state index in [-0.39, 0.29) is 25.0 Å². The summed E-state index contributed by atoms with van der Waals surface area (Å²) >= 11 is 0. The Kier molecular flexibility index (Phi) is 5.43. The van der Waals surface area contributed by atoms with Gasteiger partial charge in [0.05, 0.1) is 20.1 Å². The van der Waals surface area contributed by atoms with E-state index < -0.39 is 0 Å². The van der Waals surface area contributed by atoms with E-state index >= 15 is 0 Å².